The number of nitrogens with one attached hydrogen (secondary N) is 2. The summed E-state index contributed by atoms with van der Waals surface area (Å²) in [5.41, 5.74) is 0. The summed E-state index contributed by atoms with van der Waals surface area (Å²) < 4.78 is 0.673. The Morgan fingerprint density at radius 3 is 2.50 bits per heavy atom. The molecule has 2 amide bonds. The number of thiol groups is 1. The van der Waals surface area contributed by atoms with E-state index in [1.54, 1.807) is 0 Å². The molecule has 0 aromatic heterocycles. The fourth-order valence-corrected chi connectivity index (χ4v) is 1.14. The number of hydrogen-bond acceptors (Lipinski definition) is 3. The van der Waals surface area contributed by atoms with Gasteiger partial charge in [0, 0.05) is 23.7 Å². The van der Waals surface area contributed by atoms with Crippen LogP contribution in [0.15, 0.2) is 11.1 Å². The van der Waals surface area contributed by atoms with Gasteiger partial charge < -0.3 is 10.6 Å². The smallest absolute Gasteiger partial charge is 0.243 e. The summed E-state index contributed by atoms with van der Waals surface area (Å²) in [7, 11) is 0. The van der Waals surface area contributed by atoms with Gasteiger partial charge in [0.15, 0.2) is 0 Å². The number of hydrogen-bond donors (Lipinski definition) is 3. The van der Waals surface area contributed by atoms with Crippen LogP contribution in [0.3, 0.4) is 0 Å². The van der Waals surface area contributed by atoms with Gasteiger partial charge in [-0.25, -0.2) is 0 Å². The zero-order valence-corrected chi connectivity index (χ0v) is 10.3. The number of carbonyl (C=O) groups is 2. The Hall–Kier alpha value is -0.490. The van der Waals surface area contributed by atoms with Crippen LogP contribution in [-0.4, -0.2) is 30.2 Å². The quantitative estimate of drug-likeness (QED) is 0.641. The molecule has 4 nitrogen and oxygen atoms in total. The molecule has 0 rings (SSSR count). The largest absolute Gasteiger partial charge is 0.350 e. The predicted octanol–water partition coefficient (Wildman–Crippen LogP) is 0.446. The summed E-state index contributed by atoms with van der Waals surface area (Å²) in [5.74, 6) is -0.257. The first-order chi connectivity index (χ1) is 6.47. The summed E-state index contributed by atoms with van der Waals surface area (Å²) in [4.78, 5) is 22.1. The van der Waals surface area contributed by atoms with Gasteiger partial charge in [-0.3, -0.25) is 9.59 Å². The van der Waals surface area contributed by atoms with E-state index in [4.69, 9.17) is 0 Å². The second-order valence-electron chi connectivity index (χ2n) is 2.67. The zero-order chi connectivity index (χ0) is 11.1. The van der Waals surface area contributed by atoms with E-state index in [1.807, 2.05) is 0 Å². The summed E-state index contributed by atoms with van der Waals surface area (Å²) in [6.45, 7) is 5.26. The second kappa shape index (κ2) is 6.89. The SMILES string of the molecule is C=C(Br)CNC(=O)C(CS)NC(C)=O. The molecule has 0 saturated carbocycles. The minimum Gasteiger partial charge on any atom is -0.350 e. The molecule has 0 fully saturated rings. The molecule has 0 bridgehead atoms. The lowest BCUT2D eigenvalue weighted by Gasteiger charge is -2.14. The Morgan fingerprint density at radius 2 is 2.14 bits per heavy atom. The third-order valence-corrected chi connectivity index (χ3v) is 1.98. The van der Waals surface area contributed by atoms with Crippen LogP contribution < -0.4 is 10.6 Å². The number of rotatable bonds is 5. The molecule has 0 aliphatic heterocycles. The molecule has 0 aliphatic carbocycles. The first-order valence-corrected chi connectivity index (χ1v) is 5.39. The molecule has 0 aliphatic rings. The van der Waals surface area contributed by atoms with Gasteiger partial charge in [0.25, 0.3) is 0 Å². The maximum absolute atomic E-state index is 11.4. The number of amides is 2. The minimum absolute atomic E-state index is 0.253. The van der Waals surface area contributed by atoms with E-state index in [1.165, 1.54) is 6.92 Å². The fourth-order valence-electron chi connectivity index (χ4n) is 0.746. The fraction of sp³-hybridized carbons (Fsp3) is 0.500. The monoisotopic (exact) mass is 280 g/mol. The summed E-state index contributed by atoms with van der Waals surface area (Å²) in [6, 6.07) is -0.595. The summed E-state index contributed by atoms with van der Waals surface area (Å²) in [5, 5.41) is 5.07. The van der Waals surface area contributed by atoms with Gasteiger partial charge in [0.05, 0.1) is 0 Å². The zero-order valence-electron chi connectivity index (χ0n) is 7.84. The average molecular weight is 281 g/mol. The summed E-state index contributed by atoms with van der Waals surface area (Å²) >= 11 is 7.07. The van der Waals surface area contributed by atoms with E-state index >= 15 is 0 Å². The Morgan fingerprint density at radius 1 is 1.57 bits per heavy atom. The van der Waals surface area contributed by atoms with E-state index in [2.05, 4.69) is 45.8 Å². The molecule has 0 radical (unpaired) electrons. The molecule has 14 heavy (non-hydrogen) atoms. The Kier molecular flexibility index (Phi) is 6.65. The van der Waals surface area contributed by atoms with Crippen LogP contribution in [0.4, 0.5) is 0 Å². The van der Waals surface area contributed by atoms with Crippen LogP contribution in [0, 0.1) is 0 Å². The topological polar surface area (TPSA) is 58.2 Å². The normalized spacial score (nSPS) is 11.6. The maximum Gasteiger partial charge on any atom is 0.243 e. The third kappa shape index (κ3) is 6.04. The molecule has 0 aromatic rings. The standard InChI is InChI=1S/C8H13BrN2O2S/c1-5(9)3-10-8(13)7(4-14)11-6(2)12/h7,14H,1,3-4H2,2H3,(H,10,13)(H,11,12). The van der Waals surface area contributed by atoms with Crippen LogP contribution in [0.2, 0.25) is 0 Å². The van der Waals surface area contributed by atoms with E-state index in [0.717, 1.165) is 0 Å². The third-order valence-electron chi connectivity index (χ3n) is 1.33. The van der Waals surface area contributed by atoms with Crippen molar-refractivity contribution in [3.63, 3.8) is 0 Å². The maximum atomic E-state index is 11.4. The van der Waals surface area contributed by atoms with E-state index in [0.29, 0.717) is 11.0 Å². The van der Waals surface area contributed by atoms with E-state index in [-0.39, 0.29) is 17.6 Å². The Balaban J connectivity index is 4.04. The van der Waals surface area contributed by atoms with Gasteiger partial charge in [0.2, 0.25) is 11.8 Å². The van der Waals surface area contributed by atoms with Gasteiger partial charge >= 0.3 is 0 Å². The molecular formula is C8H13BrN2O2S. The lowest BCUT2D eigenvalue weighted by atomic mass is 10.3. The molecule has 0 aromatic carbocycles. The van der Waals surface area contributed by atoms with Crippen molar-refractivity contribution in [3.8, 4) is 0 Å². The van der Waals surface area contributed by atoms with E-state index in [9.17, 15) is 9.59 Å². The minimum atomic E-state index is -0.595. The van der Waals surface area contributed by atoms with Crippen molar-refractivity contribution in [3.05, 3.63) is 11.1 Å². The first-order valence-electron chi connectivity index (χ1n) is 3.96. The van der Waals surface area contributed by atoms with Gasteiger partial charge in [-0.05, 0) is 0 Å². The van der Waals surface area contributed by atoms with Crippen molar-refractivity contribution < 1.29 is 9.59 Å². The number of halogens is 1. The molecule has 80 valence electrons. The van der Waals surface area contributed by atoms with Crippen molar-refractivity contribution >= 4 is 40.4 Å². The van der Waals surface area contributed by atoms with E-state index < -0.39 is 6.04 Å². The van der Waals surface area contributed by atoms with Crippen molar-refractivity contribution in [2.24, 2.45) is 0 Å². The highest BCUT2D eigenvalue weighted by Gasteiger charge is 2.16. The molecule has 1 atom stereocenters. The van der Waals surface area contributed by atoms with Crippen molar-refractivity contribution in [2.45, 2.75) is 13.0 Å². The van der Waals surface area contributed by atoms with Crippen molar-refractivity contribution in [1.29, 1.82) is 0 Å². The van der Waals surface area contributed by atoms with Gasteiger partial charge in [-0.15, -0.1) is 0 Å². The molecule has 6 heteroatoms. The second-order valence-corrected chi connectivity index (χ2v) is 4.16. The van der Waals surface area contributed by atoms with Crippen molar-refractivity contribution in [1.82, 2.24) is 10.6 Å². The Bertz CT molecular complexity index is 245. The van der Waals surface area contributed by atoms with Gasteiger partial charge in [-0.1, -0.05) is 22.5 Å². The molecule has 0 saturated heterocycles. The molecule has 0 spiro atoms. The van der Waals surface area contributed by atoms with Crippen LogP contribution in [0.5, 0.6) is 0 Å². The van der Waals surface area contributed by atoms with Crippen LogP contribution in [0.25, 0.3) is 0 Å². The highest BCUT2D eigenvalue weighted by atomic mass is 79.9. The number of carbonyl (C=O) groups excluding carboxylic acids is 2. The van der Waals surface area contributed by atoms with Crippen LogP contribution in [0.1, 0.15) is 6.92 Å². The highest BCUT2D eigenvalue weighted by molar-refractivity contribution is 9.11. The van der Waals surface area contributed by atoms with Crippen LogP contribution in [-0.2, 0) is 9.59 Å². The molecular weight excluding hydrogens is 268 g/mol. The molecule has 2 N–H and O–H groups in total. The lowest BCUT2D eigenvalue weighted by molar-refractivity contribution is -0.127. The van der Waals surface area contributed by atoms with Gasteiger partial charge in [-0.2, -0.15) is 12.6 Å². The summed E-state index contributed by atoms with van der Waals surface area (Å²) in [6.07, 6.45) is 0. The highest BCUT2D eigenvalue weighted by Crippen LogP contribution is 1.97. The average Bonchev–Trinajstić information content (AvgIpc) is 2.09. The molecule has 1 unspecified atom stereocenters. The molecule has 0 heterocycles. The predicted molar refractivity (Wildman–Crippen MR) is 62.5 cm³/mol. The first kappa shape index (κ1) is 13.5. The lowest BCUT2D eigenvalue weighted by Crippen LogP contribution is -2.47. The van der Waals surface area contributed by atoms with Gasteiger partial charge in [0.1, 0.15) is 6.04 Å². The van der Waals surface area contributed by atoms with Crippen molar-refractivity contribution in [2.75, 3.05) is 12.3 Å². The Labute approximate surface area is 97.0 Å². The van der Waals surface area contributed by atoms with Crippen LogP contribution >= 0.6 is 28.6 Å².